The monoisotopic (exact) mass is 203 g/mol. The number of rotatable bonds is 4. The Morgan fingerprint density at radius 2 is 2.54 bits per heavy atom. The molecule has 0 bridgehead atoms. The third-order valence-corrected chi connectivity index (χ3v) is 2.18. The number of nitrogens with zero attached hydrogens (tertiary/aromatic N) is 3. The summed E-state index contributed by atoms with van der Waals surface area (Å²) in [5.41, 5.74) is 0. The van der Waals surface area contributed by atoms with Gasteiger partial charge < -0.3 is 15.2 Å². The molecule has 1 aromatic rings. The van der Waals surface area contributed by atoms with E-state index in [-0.39, 0.29) is 19.0 Å². The quantitative estimate of drug-likeness (QED) is 0.438. The molecule has 1 aromatic heterocycles. The van der Waals surface area contributed by atoms with E-state index in [0.29, 0.717) is 5.16 Å². The lowest BCUT2D eigenvalue weighted by Crippen LogP contribution is -2.06. The molecule has 0 atom stereocenters. The van der Waals surface area contributed by atoms with Crippen molar-refractivity contribution in [3.8, 4) is 0 Å². The normalized spacial score (nSPS) is 10.3. The van der Waals surface area contributed by atoms with E-state index in [1.54, 1.807) is 6.26 Å². The first kappa shape index (κ1) is 10.0. The molecular formula is C6H9N3O3S. The first-order valence-corrected chi connectivity index (χ1v) is 4.78. The molecule has 1 heterocycles. The predicted octanol–water partition coefficient (Wildman–Crippen LogP) is 0.505. The zero-order valence-electron chi connectivity index (χ0n) is 7.01. The minimum atomic E-state index is -0.512. The lowest BCUT2D eigenvalue weighted by molar-refractivity contribution is -0.392. The minimum Gasteiger partial charge on any atom is -0.392 e. The lowest BCUT2D eigenvalue weighted by Gasteiger charge is -1.99. The van der Waals surface area contributed by atoms with Gasteiger partial charge in [0.2, 0.25) is 0 Å². The van der Waals surface area contributed by atoms with Crippen molar-refractivity contribution in [2.75, 3.05) is 12.9 Å². The maximum Gasteiger partial charge on any atom is 0.343 e. The molecule has 0 aliphatic rings. The van der Waals surface area contributed by atoms with Gasteiger partial charge in [-0.05, 0) is 11.2 Å². The van der Waals surface area contributed by atoms with Crippen molar-refractivity contribution in [3.05, 3.63) is 16.3 Å². The van der Waals surface area contributed by atoms with Gasteiger partial charge in [-0.3, -0.25) is 0 Å². The summed E-state index contributed by atoms with van der Waals surface area (Å²) in [7, 11) is 0. The molecule has 0 saturated carbocycles. The maximum absolute atomic E-state index is 10.5. The van der Waals surface area contributed by atoms with Crippen LogP contribution in [0.15, 0.2) is 11.4 Å². The van der Waals surface area contributed by atoms with Crippen molar-refractivity contribution in [2.24, 2.45) is 0 Å². The standard InChI is InChI=1S/C6H9N3O3S/c1-13-6-7-4-5(9(11)12)8(6)2-3-10/h4,10H,2-3H2,1H3. The molecule has 0 fully saturated rings. The second kappa shape index (κ2) is 4.24. The van der Waals surface area contributed by atoms with Crippen molar-refractivity contribution >= 4 is 17.6 Å². The highest BCUT2D eigenvalue weighted by atomic mass is 32.2. The highest BCUT2D eigenvalue weighted by Gasteiger charge is 2.18. The van der Waals surface area contributed by atoms with Crippen LogP contribution in [0.1, 0.15) is 0 Å². The van der Waals surface area contributed by atoms with Gasteiger partial charge in [-0.25, -0.2) is 4.98 Å². The number of thioether (sulfide) groups is 1. The molecule has 0 aliphatic carbocycles. The number of nitro groups is 1. The van der Waals surface area contributed by atoms with Gasteiger partial charge in [0, 0.05) is 0 Å². The SMILES string of the molecule is CSc1ncc([N+](=O)[O-])n1CCO. The van der Waals surface area contributed by atoms with E-state index in [4.69, 9.17) is 5.11 Å². The Kier molecular flexibility index (Phi) is 3.26. The average Bonchev–Trinajstić information content (AvgIpc) is 2.48. The molecule has 0 unspecified atom stereocenters. The highest BCUT2D eigenvalue weighted by Crippen LogP contribution is 2.20. The molecule has 0 aromatic carbocycles. The first-order chi connectivity index (χ1) is 6.20. The minimum absolute atomic E-state index is 0.0848. The largest absolute Gasteiger partial charge is 0.392 e. The number of hydrogen-bond acceptors (Lipinski definition) is 5. The molecule has 0 radical (unpaired) electrons. The molecule has 0 spiro atoms. The number of aliphatic hydroxyl groups is 1. The van der Waals surface area contributed by atoms with Crippen LogP contribution >= 0.6 is 11.8 Å². The molecule has 1 rings (SSSR count). The Morgan fingerprint density at radius 1 is 1.85 bits per heavy atom. The van der Waals surface area contributed by atoms with E-state index in [0.717, 1.165) is 0 Å². The van der Waals surface area contributed by atoms with Crippen molar-refractivity contribution in [1.82, 2.24) is 9.55 Å². The summed E-state index contributed by atoms with van der Waals surface area (Å²) < 4.78 is 1.38. The van der Waals surface area contributed by atoms with Crippen LogP contribution in [0.4, 0.5) is 5.82 Å². The molecule has 0 saturated heterocycles. The van der Waals surface area contributed by atoms with Gasteiger partial charge in [-0.2, -0.15) is 4.57 Å². The summed E-state index contributed by atoms with van der Waals surface area (Å²) in [6.45, 7) is 0.0667. The molecule has 0 amide bonds. The summed E-state index contributed by atoms with van der Waals surface area (Å²) in [5, 5.41) is 19.7. The van der Waals surface area contributed by atoms with Crippen molar-refractivity contribution in [2.45, 2.75) is 11.7 Å². The predicted molar refractivity (Wildman–Crippen MR) is 47.7 cm³/mol. The zero-order valence-corrected chi connectivity index (χ0v) is 7.82. The fourth-order valence-corrected chi connectivity index (χ4v) is 1.53. The smallest absolute Gasteiger partial charge is 0.343 e. The van der Waals surface area contributed by atoms with E-state index in [2.05, 4.69) is 4.98 Å². The molecule has 1 N–H and O–H groups in total. The number of hydrogen-bond donors (Lipinski definition) is 1. The van der Waals surface area contributed by atoms with E-state index < -0.39 is 4.92 Å². The Hall–Kier alpha value is -1.08. The van der Waals surface area contributed by atoms with Crippen molar-refractivity contribution < 1.29 is 10.0 Å². The first-order valence-electron chi connectivity index (χ1n) is 3.55. The van der Waals surface area contributed by atoms with Crippen LogP contribution < -0.4 is 0 Å². The van der Waals surface area contributed by atoms with Gasteiger partial charge >= 0.3 is 5.82 Å². The maximum atomic E-state index is 10.5. The van der Waals surface area contributed by atoms with Crippen LogP contribution in [0.5, 0.6) is 0 Å². The summed E-state index contributed by atoms with van der Waals surface area (Å²) in [6, 6.07) is 0. The van der Waals surface area contributed by atoms with Gasteiger partial charge in [-0.1, -0.05) is 11.8 Å². The fourth-order valence-electron chi connectivity index (χ4n) is 0.969. The molecule has 13 heavy (non-hydrogen) atoms. The van der Waals surface area contributed by atoms with E-state index in [1.807, 2.05) is 0 Å². The number of aliphatic hydroxyl groups excluding tert-OH is 1. The van der Waals surface area contributed by atoms with Crippen LogP contribution in [-0.2, 0) is 6.54 Å². The molecule has 7 heteroatoms. The molecule has 6 nitrogen and oxygen atoms in total. The molecule has 72 valence electrons. The van der Waals surface area contributed by atoms with Gasteiger partial charge in [0.1, 0.15) is 12.7 Å². The van der Waals surface area contributed by atoms with Crippen LogP contribution in [0.3, 0.4) is 0 Å². The molecule has 0 aliphatic heterocycles. The Labute approximate surface area is 78.7 Å². The third-order valence-electron chi connectivity index (χ3n) is 1.49. The van der Waals surface area contributed by atoms with Gasteiger partial charge in [-0.15, -0.1) is 0 Å². The van der Waals surface area contributed by atoms with E-state index >= 15 is 0 Å². The summed E-state index contributed by atoms with van der Waals surface area (Å²) in [5.74, 6) is -0.0848. The van der Waals surface area contributed by atoms with Crippen LogP contribution in [0.2, 0.25) is 0 Å². The Balaban J connectivity index is 3.06. The highest BCUT2D eigenvalue weighted by molar-refractivity contribution is 7.98. The topological polar surface area (TPSA) is 81.2 Å². The van der Waals surface area contributed by atoms with Crippen LogP contribution in [0.25, 0.3) is 0 Å². The second-order valence-corrected chi connectivity index (χ2v) is 3.01. The fraction of sp³-hybridized carbons (Fsp3) is 0.500. The van der Waals surface area contributed by atoms with Gasteiger partial charge in [0.25, 0.3) is 5.16 Å². The Morgan fingerprint density at radius 3 is 3.00 bits per heavy atom. The van der Waals surface area contributed by atoms with E-state index in [9.17, 15) is 10.1 Å². The van der Waals surface area contributed by atoms with Crippen molar-refractivity contribution in [1.29, 1.82) is 0 Å². The zero-order chi connectivity index (χ0) is 9.84. The summed E-state index contributed by atoms with van der Waals surface area (Å²) >= 11 is 1.31. The third kappa shape index (κ3) is 1.99. The Bertz CT molecular complexity index is 312. The number of imidazole rings is 1. The summed E-state index contributed by atoms with van der Waals surface area (Å²) in [6.07, 6.45) is 2.97. The lowest BCUT2D eigenvalue weighted by atomic mass is 10.6. The van der Waals surface area contributed by atoms with E-state index in [1.165, 1.54) is 22.5 Å². The number of aromatic nitrogens is 2. The van der Waals surface area contributed by atoms with Crippen LogP contribution in [-0.4, -0.2) is 32.4 Å². The molecular weight excluding hydrogens is 194 g/mol. The van der Waals surface area contributed by atoms with Gasteiger partial charge in [0.15, 0.2) is 0 Å². The summed E-state index contributed by atoms with van der Waals surface area (Å²) in [4.78, 5) is 13.8. The van der Waals surface area contributed by atoms with Crippen molar-refractivity contribution in [3.63, 3.8) is 0 Å². The van der Waals surface area contributed by atoms with Crippen LogP contribution in [0, 0.1) is 10.1 Å². The average molecular weight is 203 g/mol. The van der Waals surface area contributed by atoms with Gasteiger partial charge in [0.05, 0.1) is 6.61 Å². The second-order valence-electron chi connectivity index (χ2n) is 2.24.